The van der Waals surface area contributed by atoms with Crippen molar-refractivity contribution in [1.29, 1.82) is 0 Å². The molecular weight excluding hydrogens is 269 g/mol. The van der Waals surface area contributed by atoms with Crippen LogP contribution in [0.2, 0.25) is 0 Å². The first kappa shape index (κ1) is 15.3. The summed E-state index contributed by atoms with van der Waals surface area (Å²) >= 11 is 0. The fourth-order valence-corrected chi connectivity index (χ4v) is 1.70. The molecule has 0 aliphatic carbocycles. The number of likely N-dealkylation sites (tertiary alicyclic amines) is 1. The maximum absolute atomic E-state index is 11.8. The second-order valence-electron chi connectivity index (χ2n) is 4.23. The lowest BCUT2D eigenvalue weighted by Gasteiger charge is -2.15. The highest BCUT2D eigenvalue weighted by Crippen LogP contribution is 2.17. The number of amides is 2. The van der Waals surface area contributed by atoms with Gasteiger partial charge in [-0.15, -0.1) is 0 Å². The SMILES string of the molecule is O=C(CC(=O)N1CCC(C(=O)O)C1)NCC(F)(F)F. The van der Waals surface area contributed by atoms with E-state index >= 15 is 0 Å². The molecule has 1 unspecified atom stereocenters. The summed E-state index contributed by atoms with van der Waals surface area (Å²) in [5.74, 6) is -3.40. The van der Waals surface area contributed by atoms with Crippen LogP contribution >= 0.6 is 0 Å². The highest BCUT2D eigenvalue weighted by Gasteiger charge is 2.32. The molecule has 1 fully saturated rings. The predicted molar refractivity (Wildman–Crippen MR) is 56.0 cm³/mol. The Hall–Kier alpha value is -1.80. The van der Waals surface area contributed by atoms with Crippen LogP contribution in [-0.4, -0.2) is 53.6 Å². The Morgan fingerprint density at radius 2 is 1.95 bits per heavy atom. The molecule has 1 heterocycles. The summed E-state index contributed by atoms with van der Waals surface area (Å²) in [5, 5.41) is 10.3. The molecule has 6 nitrogen and oxygen atoms in total. The standard InChI is InChI=1S/C10H13F3N2O4/c11-10(12,13)5-14-7(16)3-8(17)15-2-1-6(4-15)9(18)19/h6H,1-5H2,(H,14,16)(H,18,19). The lowest BCUT2D eigenvalue weighted by atomic mass is 10.1. The molecule has 0 bridgehead atoms. The lowest BCUT2D eigenvalue weighted by molar-refractivity contribution is -0.143. The van der Waals surface area contributed by atoms with E-state index < -0.39 is 42.8 Å². The number of halogens is 3. The van der Waals surface area contributed by atoms with E-state index in [4.69, 9.17) is 5.11 Å². The Morgan fingerprint density at radius 3 is 2.42 bits per heavy atom. The van der Waals surface area contributed by atoms with Crippen molar-refractivity contribution < 1.29 is 32.7 Å². The number of hydrogen-bond acceptors (Lipinski definition) is 3. The van der Waals surface area contributed by atoms with Gasteiger partial charge in [-0.05, 0) is 6.42 Å². The number of carbonyl (C=O) groups excluding carboxylic acids is 2. The fraction of sp³-hybridized carbons (Fsp3) is 0.700. The maximum atomic E-state index is 11.8. The van der Waals surface area contributed by atoms with Gasteiger partial charge < -0.3 is 15.3 Å². The summed E-state index contributed by atoms with van der Waals surface area (Å²) in [4.78, 5) is 34.5. The molecule has 1 rings (SSSR count). The van der Waals surface area contributed by atoms with E-state index in [2.05, 4.69) is 0 Å². The molecule has 0 aromatic carbocycles. The number of carboxylic acids is 1. The number of carboxylic acid groups (broad SMARTS) is 1. The van der Waals surface area contributed by atoms with Crippen molar-refractivity contribution in [2.75, 3.05) is 19.6 Å². The fourth-order valence-electron chi connectivity index (χ4n) is 1.70. The summed E-state index contributed by atoms with van der Waals surface area (Å²) in [6.07, 6.45) is -4.95. The number of aliphatic carboxylic acids is 1. The Labute approximate surface area is 106 Å². The van der Waals surface area contributed by atoms with Crippen LogP contribution < -0.4 is 5.32 Å². The van der Waals surface area contributed by atoms with E-state index in [1.165, 1.54) is 4.90 Å². The highest BCUT2D eigenvalue weighted by molar-refractivity contribution is 5.97. The van der Waals surface area contributed by atoms with Crippen LogP contribution in [0.5, 0.6) is 0 Å². The third kappa shape index (κ3) is 5.14. The molecule has 0 aromatic heterocycles. The molecule has 0 radical (unpaired) electrons. The number of rotatable bonds is 4. The molecule has 2 amide bonds. The first-order chi connectivity index (χ1) is 8.69. The van der Waals surface area contributed by atoms with E-state index in [0.29, 0.717) is 0 Å². The molecule has 0 aromatic rings. The molecule has 1 atom stereocenters. The largest absolute Gasteiger partial charge is 0.481 e. The summed E-state index contributed by atoms with van der Waals surface area (Å²) in [6.45, 7) is -1.31. The Kier molecular flexibility index (Phi) is 4.73. The van der Waals surface area contributed by atoms with Crippen LogP contribution in [0, 0.1) is 5.92 Å². The van der Waals surface area contributed by atoms with Crippen LogP contribution in [0.1, 0.15) is 12.8 Å². The van der Waals surface area contributed by atoms with Gasteiger partial charge in [-0.2, -0.15) is 13.2 Å². The summed E-state index contributed by atoms with van der Waals surface area (Å²) in [5.41, 5.74) is 0. The van der Waals surface area contributed by atoms with Crippen LogP contribution in [0.3, 0.4) is 0 Å². The summed E-state index contributed by atoms with van der Waals surface area (Å²) in [6, 6.07) is 0. The van der Waals surface area contributed by atoms with Gasteiger partial charge in [-0.25, -0.2) is 0 Å². The average Bonchev–Trinajstić information content (AvgIpc) is 2.74. The first-order valence-electron chi connectivity index (χ1n) is 5.53. The van der Waals surface area contributed by atoms with Gasteiger partial charge in [-0.1, -0.05) is 0 Å². The smallest absolute Gasteiger partial charge is 0.405 e. The van der Waals surface area contributed by atoms with Crippen LogP contribution in [0.15, 0.2) is 0 Å². The van der Waals surface area contributed by atoms with Crippen molar-refractivity contribution in [3.05, 3.63) is 0 Å². The minimum atomic E-state index is -4.53. The Morgan fingerprint density at radius 1 is 1.32 bits per heavy atom. The minimum absolute atomic E-state index is 0.0132. The molecule has 108 valence electrons. The first-order valence-corrected chi connectivity index (χ1v) is 5.53. The zero-order chi connectivity index (χ0) is 14.6. The van der Waals surface area contributed by atoms with Gasteiger partial charge in [0.05, 0.1) is 5.92 Å². The maximum Gasteiger partial charge on any atom is 0.405 e. The van der Waals surface area contributed by atoms with Crippen molar-refractivity contribution >= 4 is 17.8 Å². The van der Waals surface area contributed by atoms with Gasteiger partial charge in [0.15, 0.2) is 0 Å². The van der Waals surface area contributed by atoms with Gasteiger partial charge in [0.2, 0.25) is 11.8 Å². The van der Waals surface area contributed by atoms with Gasteiger partial charge >= 0.3 is 12.1 Å². The normalized spacial score (nSPS) is 19.3. The van der Waals surface area contributed by atoms with E-state index in [1.807, 2.05) is 0 Å². The summed E-state index contributed by atoms with van der Waals surface area (Å²) < 4.78 is 35.5. The minimum Gasteiger partial charge on any atom is -0.481 e. The lowest BCUT2D eigenvalue weighted by Crippen LogP contribution is -2.38. The van der Waals surface area contributed by atoms with Crippen LogP contribution in [0.4, 0.5) is 13.2 Å². The van der Waals surface area contributed by atoms with E-state index in [1.54, 1.807) is 5.32 Å². The second-order valence-corrected chi connectivity index (χ2v) is 4.23. The number of alkyl halides is 3. The number of hydrogen-bond donors (Lipinski definition) is 2. The molecule has 9 heteroatoms. The van der Waals surface area contributed by atoms with E-state index in [0.717, 1.165) is 0 Å². The van der Waals surface area contributed by atoms with E-state index in [-0.39, 0.29) is 19.5 Å². The second kappa shape index (κ2) is 5.89. The quantitative estimate of drug-likeness (QED) is 0.710. The molecule has 1 aliphatic rings. The highest BCUT2D eigenvalue weighted by atomic mass is 19.4. The van der Waals surface area contributed by atoms with Crippen LogP contribution in [-0.2, 0) is 14.4 Å². The van der Waals surface area contributed by atoms with Crippen molar-refractivity contribution in [2.24, 2.45) is 5.92 Å². The van der Waals surface area contributed by atoms with Crippen LogP contribution in [0.25, 0.3) is 0 Å². The van der Waals surface area contributed by atoms with Gasteiger partial charge in [0.25, 0.3) is 0 Å². The Balaban J connectivity index is 2.35. The number of nitrogens with one attached hydrogen (secondary N) is 1. The number of carbonyl (C=O) groups is 3. The molecule has 1 saturated heterocycles. The molecule has 1 aliphatic heterocycles. The molecule has 2 N–H and O–H groups in total. The third-order valence-electron chi connectivity index (χ3n) is 2.69. The topological polar surface area (TPSA) is 86.7 Å². The molecular formula is C10H13F3N2O4. The predicted octanol–water partition coefficient (Wildman–Crippen LogP) is -0.0119. The summed E-state index contributed by atoms with van der Waals surface area (Å²) in [7, 11) is 0. The van der Waals surface area contributed by atoms with Gasteiger partial charge in [-0.3, -0.25) is 14.4 Å². The number of nitrogens with zero attached hydrogens (tertiary/aromatic N) is 1. The van der Waals surface area contributed by atoms with Gasteiger partial charge in [0.1, 0.15) is 13.0 Å². The molecule has 0 spiro atoms. The molecule has 19 heavy (non-hydrogen) atoms. The zero-order valence-corrected chi connectivity index (χ0v) is 9.87. The monoisotopic (exact) mass is 282 g/mol. The Bertz CT molecular complexity index is 383. The van der Waals surface area contributed by atoms with Crippen molar-refractivity contribution in [2.45, 2.75) is 19.0 Å². The zero-order valence-electron chi connectivity index (χ0n) is 9.87. The van der Waals surface area contributed by atoms with E-state index in [9.17, 15) is 27.6 Å². The third-order valence-corrected chi connectivity index (χ3v) is 2.69. The molecule has 0 saturated carbocycles. The van der Waals surface area contributed by atoms with Crippen molar-refractivity contribution in [3.63, 3.8) is 0 Å². The van der Waals surface area contributed by atoms with Crippen molar-refractivity contribution in [3.8, 4) is 0 Å². The van der Waals surface area contributed by atoms with Crippen molar-refractivity contribution in [1.82, 2.24) is 10.2 Å². The van der Waals surface area contributed by atoms with Gasteiger partial charge in [0, 0.05) is 13.1 Å². The average molecular weight is 282 g/mol.